The Morgan fingerprint density at radius 1 is 0.908 bits per heavy atom. The number of carbonyl (C=O) groups is 9. The highest BCUT2D eigenvalue weighted by Crippen LogP contribution is 2.47. The van der Waals surface area contributed by atoms with Gasteiger partial charge in [-0.15, -0.1) is 24.2 Å². The molecule has 87 heavy (non-hydrogen) atoms. The number of primary amides is 1. The molecule has 13 N–H and O–H groups in total. The number of benzene rings is 3. The molecule has 28 heteroatoms. The molecule has 1 aromatic heterocycles. The van der Waals surface area contributed by atoms with E-state index in [0.29, 0.717) is 46.9 Å². The van der Waals surface area contributed by atoms with Crippen LogP contribution in [0.3, 0.4) is 0 Å². The molecule has 0 radical (unpaired) electrons. The van der Waals surface area contributed by atoms with Crippen molar-refractivity contribution >= 4 is 111 Å². The van der Waals surface area contributed by atoms with Gasteiger partial charge in [0.25, 0.3) is 17.7 Å². The maximum atomic E-state index is 14.4. The molecule has 1 fully saturated rings. The number of imide groups is 1. The molecule has 26 nitrogen and oxygen atoms in total. The van der Waals surface area contributed by atoms with Gasteiger partial charge in [0.2, 0.25) is 29.9 Å². The third kappa shape index (κ3) is 17.0. The van der Waals surface area contributed by atoms with Crippen LogP contribution in [0.25, 0.3) is 21.7 Å². The minimum absolute atomic E-state index is 0.0482. The average Bonchev–Trinajstić information content (AvgIpc) is 1.77. The number of aliphatic hydroxyl groups excluding tert-OH is 4. The minimum atomic E-state index is -1.68. The van der Waals surface area contributed by atoms with Crippen molar-refractivity contribution in [3.63, 3.8) is 0 Å². The van der Waals surface area contributed by atoms with E-state index in [9.17, 15) is 63.6 Å². The number of fused-ring (bicyclic) bond motifs is 4. The maximum Gasteiger partial charge on any atom is 0.407 e. The Balaban J connectivity index is 0.871. The van der Waals surface area contributed by atoms with E-state index in [4.69, 9.17) is 31.5 Å². The van der Waals surface area contributed by atoms with Gasteiger partial charge in [0.05, 0.1) is 17.2 Å². The fourth-order valence-electron chi connectivity index (χ4n) is 9.98. The molecule has 8 unspecified atom stereocenters. The van der Waals surface area contributed by atoms with Crippen molar-refractivity contribution in [2.45, 2.75) is 101 Å². The van der Waals surface area contributed by atoms with E-state index in [1.807, 2.05) is 12.1 Å². The summed E-state index contributed by atoms with van der Waals surface area (Å²) >= 11 is 10.5. The lowest BCUT2D eigenvalue weighted by Gasteiger charge is -2.39. The van der Waals surface area contributed by atoms with E-state index in [1.54, 1.807) is 61.2 Å². The molecule has 4 aromatic rings. The first kappa shape index (κ1) is 66.2. The van der Waals surface area contributed by atoms with Gasteiger partial charge >= 0.3 is 12.1 Å². The lowest BCUT2D eigenvalue weighted by atomic mass is 9.95. The van der Waals surface area contributed by atoms with E-state index in [2.05, 4.69) is 62.7 Å². The van der Waals surface area contributed by atoms with Crippen LogP contribution in [0.4, 0.5) is 21.0 Å². The summed E-state index contributed by atoms with van der Waals surface area (Å²) in [5.41, 5.74) is 7.89. The number of unbranched alkanes of at least 4 members (excludes halogenated alkanes) is 2. The van der Waals surface area contributed by atoms with E-state index >= 15 is 0 Å². The third-order valence-electron chi connectivity index (χ3n) is 14.5. The Morgan fingerprint density at radius 3 is 2.34 bits per heavy atom. The van der Waals surface area contributed by atoms with Gasteiger partial charge in [0.15, 0.2) is 0 Å². The second kappa shape index (κ2) is 30.4. The SMILES string of the molecule is C=C(/C=C\C(=C)NC(=O)C(CCCNC(N)=O)NC(=O)C(NC(=O)CCCCCN1C(=O)C=C(S)C1=O)C(C)C)COC(=O)NCC(=O)Nc1ccc2[nH]c(C(=O)N3CC(CCl)c4c3cc(OC3OC(CO)C(O)C(O)C3O)c3ccccc43)cc2c1. The molecule has 8 atom stereocenters. The number of halogens is 1. The number of allylic oxidation sites excluding steroid dienone is 1. The van der Waals surface area contributed by atoms with Gasteiger partial charge in [-0.05, 0) is 78.5 Å². The number of nitrogens with two attached hydrogens (primary N) is 1. The summed E-state index contributed by atoms with van der Waals surface area (Å²) in [6.45, 7) is 10.1. The third-order valence-corrected chi connectivity index (χ3v) is 15.2. The van der Waals surface area contributed by atoms with Crippen LogP contribution in [0, 0.1) is 5.92 Å². The molecular weight excluding hydrogens is 1170 g/mol. The normalized spacial score (nSPS) is 19.8. The van der Waals surface area contributed by atoms with Gasteiger partial charge in [-0.25, -0.2) is 9.59 Å². The molecule has 3 aromatic carbocycles. The molecule has 7 rings (SSSR count). The fourth-order valence-corrected chi connectivity index (χ4v) is 10.5. The second-order valence-corrected chi connectivity index (χ2v) is 22.1. The highest BCUT2D eigenvalue weighted by atomic mass is 35.5. The number of amides is 10. The maximum absolute atomic E-state index is 14.4. The van der Waals surface area contributed by atoms with Crippen LogP contribution in [0.2, 0.25) is 0 Å². The second-order valence-electron chi connectivity index (χ2n) is 21.3. The van der Waals surface area contributed by atoms with E-state index < -0.39 is 115 Å². The number of thiol groups is 1. The number of ether oxygens (including phenoxy) is 3. The monoisotopic (exact) mass is 1240 g/mol. The van der Waals surface area contributed by atoms with Crippen molar-refractivity contribution in [3.05, 3.63) is 113 Å². The van der Waals surface area contributed by atoms with Crippen molar-refractivity contribution in [2.24, 2.45) is 11.7 Å². The van der Waals surface area contributed by atoms with Crippen LogP contribution in [-0.4, -0.2) is 172 Å². The zero-order valence-electron chi connectivity index (χ0n) is 47.7. The summed E-state index contributed by atoms with van der Waals surface area (Å²) in [6.07, 6.45) is -2.93. The molecule has 0 spiro atoms. The lowest BCUT2D eigenvalue weighted by Crippen LogP contribution is -2.60. The summed E-state index contributed by atoms with van der Waals surface area (Å²) < 4.78 is 17.0. The highest BCUT2D eigenvalue weighted by molar-refractivity contribution is 7.85. The number of aromatic nitrogens is 1. The molecule has 1 saturated heterocycles. The predicted molar refractivity (Wildman–Crippen MR) is 323 cm³/mol. The largest absolute Gasteiger partial charge is 0.461 e. The van der Waals surface area contributed by atoms with Crippen LogP contribution in [0.1, 0.15) is 74.3 Å². The van der Waals surface area contributed by atoms with Gasteiger partial charge in [-0.1, -0.05) is 63.8 Å². The molecule has 3 aliphatic heterocycles. The number of alkyl halides is 1. The standard InChI is InChI=1S/C59H71ClN10O16S/c1-30(2)49(68-45(72)14-6-5-9-20-69-47(74)24-44(87)56(69)81)54(79)67-39(13-10-19-62-58(61)82)53(78)64-32(4)16-15-31(3)29-84-59(83)63-26-46(73)65-35-17-18-38-33(21-35)22-40(66-38)55(80)70-27-34(25-60)48-37-12-8-7-11-36(37)42(23-41(48)70)85-57-52(77)51(76)50(75)43(28-71)86-57/h7-8,11-12,15-18,21-24,30,34,39,43,49-52,57,66,71,75-77,87H,3-6,9-10,13-14,19-20,25-29H2,1-2H3,(H,63,83)(H,64,78)(H,65,73)(H,67,79)(H,68,72)(H3,61,62,82)/b16-15-. The number of hydrogen-bond donors (Lipinski definition) is 13. The quantitative estimate of drug-likeness (QED) is 0.0128. The van der Waals surface area contributed by atoms with Crippen LogP contribution >= 0.6 is 24.2 Å². The number of aromatic amines is 1. The smallest absolute Gasteiger partial charge is 0.407 e. The predicted octanol–water partition coefficient (Wildman–Crippen LogP) is 2.71. The number of nitrogens with zero attached hydrogens (tertiary/aromatic N) is 2. The zero-order valence-corrected chi connectivity index (χ0v) is 49.4. The van der Waals surface area contributed by atoms with Gasteiger partial charge in [-0.3, -0.25) is 38.5 Å². The molecule has 0 aliphatic carbocycles. The van der Waals surface area contributed by atoms with E-state index in [-0.39, 0.29) is 84.9 Å². The summed E-state index contributed by atoms with van der Waals surface area (Å²) in [5, 5.41) is 58.7. The van der Waals surface area contributed by atoms with E-state index in [1.165, 1.54) is 12.2 Å². The van der Waals surface area contributed by atoms with Gasteiger partial charge < -0.3 is 82.2 Å². The molecule has 0 saturated carbocycles. The molecule has 10 amide bonds. The van der Waals surface area contributed by atoms with Crippen LogP contribution in [-0.2, 0) is 38.2 Å². The Labute approximate surface area is 510 Å². The first-order valence-corrected chi connectivity index (χ1v) is 29.0. The number of urea groups is 1. The van der Waals surface area contributed by atoms with Crippen molar-refractivity contribution in [2.75, 3.05) is 55.5 Å². The molecular formula is C59H71ClN10O16S. The molecule has 466 valence electrons. The lowest BCUT2D eigenvalue weighted by molar-refractivity contribution is -0.277. The average molecular weight is 1240 g/mol. The van der Waals surface area contributed by atoms with Gasteiger partial charge in [0.1, 0.15) is 61.1 Å². The minimum Gasteiger partial charge on any atom is -0.461 e. The number of anilines is 2. The molecule has 3 aliphatic rings. The molecule has 4 heterocycles. The summed E-state index contributed by atoms with van der Waals surface area (Å²) in [7, 11) is 0. The number of aliphatic hydroxyl groups is 4. The fraction of sp³-hybridized carbons (Fsp3) is 0.407. The topological polar surface area (TPSA) is 383 Å². The van der Waals surface area contributed by atoms with Crippen molar-refractivity contribution in [1.82, 2.24) is 36.5 Å². The Kier molecular flexibility index (Phi) is 23.1. The van der Waals surface area contributed by atoms with E-state index in [0.717, 1.165) is 21.9 Å². The van der Waals surface area contributed by atoms with Crippen LogP contribution in [0.5, 0.6) is 5.75 Å². The number of hydrogen-bond acceptors (Lipinski definition) is 17. The van der Waals surface area contributed by atoms with Crippen molar-refractivity contribution in [3.8, 4) is 5.75 Å². The highest BCUT2D eigenvalue weighted by Gasteiger charge is 2.45. The van der Waals surface area contributed by atoms with Gasteiger partial charge in [-0.2, -0.15) is 0 Å². The van der Waals surface area contributed by atoms with Crippen LogP contribution in [0.15, 0.2) is 102 Å². The van der Waals surface area contributed by atoms with Crippen molar-refractivity contribution in [1.29, 1.82) is 0 Å². The zero-order chi connectivity index (χ0) is 63.2. The number of carbonyl (C=O) groups excluding carboxylic acids is 9. The van der Waals surface area contributed by atoms with Gasteiger partial charge in [0, 0.05) is 77.7 Å². The summed E-state index contributed by atoms with van der Waals surface area (Å²) in [5.74, 6) is -3.98. The van der Waals surface area contributed by atoms with Crippen LogP contribution < -0.4 is 47.3 Å². The Bertz CT molecular complexity index is 3370. The summed E-state index contributed by atoms with van der Waals surface area (Å²) in [4.78, 5) is 121. The summed E-state index contributed by atoms with van der Waals surface area (Å²) in [6, 6.07) is 12.4. The number of nitrogens with one attached hydrogen (secondary N) is 7. The Morgan fingerprint density at radius 2 is 1.66 bits per heavy atom. The first-order chi connectivity index (χ1) is 41.5. The Hall–Kier alpha value is -8.31. The number of H-pyrrole nitrogens is 1. The van der Waals surface area contributed by atoms with Crippen molar-refractivity contribution < 1.29 is 77.8 Å². The number of rotatable bonds is 28. The number of alkyl carbamates (subject to hydrolysis) is 1. The first-order valence-electron chi connectivity index (χ1n) is 28.0. The molecule has 0 bridgehead atoms.